The molecule has 0 fully saturated rings. The number of hydrogen-bond donors (Lipinski definition) is 2. The van der Waals surface area contributed by atoms with E-state index in [1.165, 1.54) is 6.07 Å². The Morgan fingerprint density at radius 3 is 2.42 bits per heavy atom. The minimum absolute atomic E-state index is 0.237. The number of aliphatic carboxylic acids is 1. The molecular weight excluding hydrogens is 338 g/mol. The second-order valence-corrected chi connectivity index (χ2v) is 5.52. The van der Waals surface area contributed by atoms with E-state index >= 15 is 0 Å². The molecule has 1 unspecified atom stereocenters. The fourth-order valence-corrected chi connectivity index (χ4v) is 2.14. The van der Waals surface area contributed by atoms with E-state index in [4.69, 9.17) is 19.3 Å². The van der Waals surface area contributed by atoms with Crippen molar-refractivity contribution in [2.24, 2.45) is 0 Å². The summed E-state index contributed by atoms with van der Waals surface area (Å²) in [5.41, 5.74) is 0.379. The number of carbonyl (C=O) groups is 2. The van der Waals surface area contributed by atoms with Gasteiger partial charge in [-0.2, -0.15) is 0 Å². The molecule has 0 aromatic heterocycles. The van der Waals surface area contributed by atoms with Crippen LogP contribution < -0.4 is 19.5 Å². The van der Waals surface area contributed by atoms with Crippen molar-refractivity contribution < 1.29 is 28.9 Å². The maximum atomic E-state index is 12.2. The Kier molecular flexibility index (Phi) is 6.84. The van der Waals surface area contributed by atoms with Crippen LogP contribution in [0.25, 0.3) is 0 Å². The molecule has 2 N–H and O–H groups in total. The van der Waals surface area contributed by atoms with Crippen LogP contribution in [0.1, 0.15) is 17.3 Å². The van der Waals surface area contributed by atoms with E-state index < -0.39 is 12.6 Å². The minimum Gasteiger partial charge on any atom is -0.497 e. The Hall–Kier alpha value is -3.22. The smallest absolute Gasteiger partial charge is 0.341 e. The van der Waals surface area contributed by atoms with Crippen molar-refractivity contribution in [1.29, 1.82) is 0 Å². The molecule has 2 rings (SSSR count). The van der Waals surface area contributed by atoms with Crippen LogP contribution in [0.15, 0.2) is 48.5 Å². The highest BCUT2D eigenvalue weighted by Crippen LogP contribution is 2.18. The van der Waals surface area contributed by atoms with E-state index in [9.17, 15) is 9.59 Å². The first-order valence-corrected chi connectivity index (χ1v) is 8.01. The van der Waals surface area contributed by atoms with Crippen molar-refractivity contribution in [3.05, 3.63) is 54.1 Å². The van der Waals surface area contributed by atoms with Gasteiger partial charge in [0.05, 0.1) is 13.7 Å². The number of carbonyl (C=O) groups excluding carboxylic acids is 1. The van der Waals surface area contributed by atoms with Gasteiger partial charge in [-0.05, 0) is 49.4 Å². The second-order valence-electron chi connectivity index (χ2n) is 5.52. The van der Waals surface area contributed by atoms with E-state index in [1.54, 1.807) is 49.6 Å². The van der Waals surface area contributed by atoms with Crippen molar-refractivity contribution >= 4 is 11.9 Å². The minimum atomic E-state index is -1.08. The van der Waals surface area contributed by atoms with Gasteiger partial charge >= 0.3 is 5.97 Å². The van der Waals surface area contributed by atoms with E-state index in [1.807, 2.05) is 6.92 Å². The fraction of sp³-hybridized carbons (Fsp3) is 0.263. The van der Waals surface area contributed by atoms with Gasteiger partial charge in [-0.15, -0.1) is 0 Å². The Morgan fingerprint density at radius 1 is 1.08 bits per heavy atom. The number of ether oxygens (including phenoxy) is 3. The molecule has 0 aliphatic heterocycles. The highest BCUT2D eigenvalue weighted by Gasteiger charge is 2.10. The Morgan fingerprint density at radius 2 is 1.77 bits per heavy atom. The quantitative estimate of drug-likeness (QED) is 0.714. The SMILES string of the molecule is COc1ccc(OC(C)CNC(=O)c2cccc(OCC(=O)O)c2)cc1. The molecule has 2 aromatic carbocycles. The molecule has 0 saturated heterocycles. The molecule has 0 aliphatic rings. The Labute approximate surface area is 151 Å². The first kappa shape index (κ1) is 19.1. The summed E-state index contributed by atoms with van der Waals surface area (Å²) in [5.74, 6) is 0.364. The molecule has 7 nitrogen and oxygen atoms in total. The summed E-state index contributed by atoms with van der Waals surface area (Å²) in [6.07, 6.45) is -0.237. The summed E-state index contributed by atoms with van der Waals surface area (Å²) >= 11 is 0. The molecular formula is C19H21NO6. The molecule has 138 valence electrons. The van der Waals surface area contributed by atoms with E-state index in [0.717, 1.165) is 5.75 Å². The first-order chi connectivity index (χ1) is 12.5. The van der Waals surface area contributed by atoms with Crippen LogP contribution in [0.2, 0.25) is 0 Å². The summed E-state index contributed by atoms with van der Waals surface area (Å²) in [5, 5.41) is 11.4. The molecule has 7 heteroatoms. The van der Waals surface area contributed by atoms with Crippen molar-refractivity contribution in [2.45, 2.75) is 13.0 Å². The van der Waals surface area contributed by atoms with Crippen molar-refractivity contribution in [1.82, 2.24) is 5.32 Å². The highest BCUT2D eigenvalue weighted by molar-refractivity contribution is 5.94. The summed E-state index contributed by atoms with van der Waals surface area (Å²) in [6, 6.07) is 13.5. The number of benzene rings is 2. The molecule has 1 atom stereocenters. The third-order valence-electron chi connectivity index (χ3n) is 3.41. The number of methoxy groups -OCH3 is 1. The zero-order valence-electron chi connectivity index (χ0n) is 14.6. The number of amides is 1. The van der Waals surface area contributed by atoms with E-state index in [-0.39, 0.29) is 12.0 Å². The summed E-state index contributed by atoms with van der Waals surface area (Å²) in [4.78, 5) is 22.7. The molecule has 0 spiro atoms. The average Bonchev–Trinajstić information content (AvgIpc) is 2.65. The van der Waals surface area contributed by atoms with Gasteiger partial charge in [0.25, 0.3) is 5.91 Å². The summed E-state index contributed by atoms with van der Waals surface area (Å²) in [6.45, 7) is 1.69. The maximum Gasteiger partial charge on any atom is 0.341 e. The van der Waals surface area contributed by atoms with Gasteiger partial charge in [0.1, 0.15) is 23.4 Å². The largest absolute Gasteiger partial charge is 0.497 e. The van der Waals surface area contributed by atoms with Crippen LogP contribution in [0.4, 0.5) is 0 Å². The van der Waals surface area contributed by atoms with Crippen LogP contribution in [-0.2, 0) is 4.79 Å². The Balaban J connectivity index is 1.85. The van der Waals surface area contributed by atoms with E-state index in [2.05, 4.69) is 5.32 Å². The molecule has 0 saturated carbocycles. The van der Waals surface area contributed by atoms with Gasteiger partial charge < -0.3 is 24.6 Å². The van der Waals surface area contributed by atoms with Gasteiger partial charge in [0.2, 0.25) is 0 Å². The molecule has 0 heterocycles. The van der Waals surface area contributed by atoms with Crippen LogP contribution >= 0.6 is 0 Å². The lowest BCUT2D eigenvalue weighted by Crippen LogP contribution is -2.33. The van der Waals surface area contributed by atoms with Crippen LogP contribution in [0.5, 0.6) is 17.2 Å². The third kappa shape index (κ3) is 6.01. The van der Waals surface area contributed by atoms with Gasteiger partial charge in [-0.25, -0.2) is 4.79 Å². The van der Waals surface area contributed by atoms with Crippen LogP contribution in [-0.4, -0.2) is 43.3 Å². The molecule has 2 aromatic rings. The van der Waals surface area contributed by atoms with Crippen LogP contribution in [0, 0.1) is 0 Å². The lowest BCUT2D eigenvalue weighted by atomic mass is 10.2. The maximum absolute atomic E-state index is 12.2. The van der Waals surface area contributed by atoms with Gasteiger partial charge in [0.15, 0.2) is 6.61 Å². The lowest BCUT2D eigenvalue weighted by Gasteiger charge is -2.16. The standard InChI is InChI=1S/C19H21NO6/c1-13(26-16-8-6-15(24-2)7-9-16)11-20-19(23)14-4-3-5-17(10-14)25-12-18(21)22/h3-10,13H,11-12H2,1-2H3,(H,20,23)(H,21,22). The zero-order chi connectivity index (χ0) is 18.9. The normalized spacial score (nSPS) is 11.3. The summed E-state index contributed by atoms with van der Waals surface area (Å²) in [7, 11) is 1.59. The number of carboxylic acid groups (broad SMARTS) is 1. The first-order valence-electron chi connectivity index (χ1n) is 8.01. The van der Waals surface area contributed by atoms with E-state index in [0.29, 0.717) is 23.6 Å². The van der Waals surface area contributed by atoms with Crippen molar-refractivity contribution in [3.8, 4) is 17.2 Å². The topological polar surface area (TPSA) is 94.1 Å². The molecule has 0 bridgehead atoms. The number of hydrogen-bond acceptors (Lipinski definition) is 5. The van der Waals surface area contributed by atoms with Crippen LogP contribution in [0.3, 0.4) is 0 Å². The Bertz CT molecular complexity index is 744. The van der Waals surface area contributed by atoms with Crippen molar-refractivity contribution in [3.63, 3.8) is 0 Å². The monoisotopic (exact) mass is 359 g/mol. The lowest BCUT2D eigenvalue weighted by molar-refractivity contribution is -0.139. The number of carboxylic acids is 1. The summed E-state index contributed by atoms with van der Waals surface area (Å²) < 4.78 is 15.9. The van der Waals surface area contributed by atoms with Gasteiger partial charge in [-0.1, -0.05) is 6.07 Å². The molecule has 26 heavy (non-hydrogen) atoms. The fourth-order valence-electron chi connectivity index (χ4n) is 2.14. The highest BCUT2D eigenvalue weighted by atomic mass is 16.5. The molecule has 0 radical (unpaired) electrons. The second kappa shape index (κ2) is 9.31. The molecule has 0 aliphatic carbocycles. The van der Waals surface area contributed by atoms with Gasteiger partial charge in [-0.3, -0.25) is 4.79 Å². The predicted octanol–water partition coefficient (Wildman–Crippen LogP) is 2.36. The predicted molar refractivity (Wildman–Crippen MR) is 95.0 cm³/mol. The van der Waals surface area contributed by atoms with Gasteiger partial charge in [0, 0.05) is 5.56 Å². The third-order valence-corrected chi connectivity index (χ3v) is 3.41. The average molecular weight is 359 g/mol. The number of nitrogens with one attached hydrogen (secondary N) is 1. The van der Waals surface area contributed by atoms with Crippen molar-refractivity contribution in [2.75, 3.05) is 20.3 Å². The zero-order valence-corrected chi connectivity index (χ0v) is 14.6. The molecule has 1 amide bonds. The number of rotatable bonds is 9.